The number of nitrogens with one attached hydrogen (secondary N) is 1. The second kappa shape index (κ2) is 8.20. The lowest BCUT2D eigenvalue weighted by Crippen LogP contribution is -2.14. The number of nitrogen functional groups attached to an aromatic ring is 1. The maximum atomic E-state index is 13.3. The number of fused-ring (bicyclic) bond motifs is 2. The van der Waals surface area contributed by atoms with Crippen molar-refractivity contribution >= 4 is 45.8 Å². The summed E-state index contributed by atoms with van der Waals surface area (Å²) < 4.78 is 1.47. The normalized spacial score (nSPS) is 11.5. The van der Waals surface area contributed by atoms with Crippen molar-refractivity contribution in [3.8, 4) is 0 Å². The van der Waals surface area contributed by atoms with Crippen molar-refractivity contribution in [1.29, 1.82) is 0 Å². The molecule has 0 unspecified atom stereocenters. The number of benzene rings is 3. The molecule has 2 heterocycles. The van der Waals surface area contributed by atoms with Gasteiger partial charge in [0, 0.05) is 5.69 Å². The number of nitrogens with zero attached hydrogens (tertiary/aromatic N) is 4. The number of aryl methyl sites for hydroxylation is 2. The first kappa shape index (κ1) is 20.4. The van der Waals surface area contributed by atoms with Crippen LogP contribution in [-0.2, 0) is 0 Å². The first-order valence-corrected chi connectivity index (χ1v) is 10.6. The Morgan fingerprint density at radius 2 is 1.64 bits per heavy atom. The molecule has 5 aromatic rings. The number of carbonyl (C=O) groups is 1. The molecule has 0 bridgehead atoms. The van der Waals surface area contributed by atoms with Gasteiger partial charge < -0.3 is 11.1 Å². The monoisotopic (exact) mass is 434 g/mol. The summed E-state index contributed by atoms with van der Waals surface area (Å²) in [5, 5.41) is 7.48. The van der Waals surface area contributed by atoms with Crippen molar-refractivity contribution in [2.45, 2.75) is 13.8 Å². The third-order valence-corrected chi connectivity index (χ3v) is 5.34. The van der Waals surface area contributed by atoms with Crippen molar-refractivity contribution in [2.75, 3.05) is 11.1 Å². The predicted molar refractivity (Wildman–Crippen MR) is 133 cm³/mol. The smallest absolute Gasteiger partial charge is 0.261 e. The van der Waals surface area contributed by atoms with Crippen molar-refractivity contribution in [2.24, 2.45) is 5.10 Å². The van der Waals surface area contributed by atoms with E-state index in [4.69, 9.17) is 15.7 Å². The summed E-state index contributed by atoms with van der Waals surface area (Å²) in [6, 6.07) is 23.0. The maximum Gasteiger partial charge on any atom is 0.261 e. The standard InChI is InChI=1S/C26H22N6O/c1-16-7-5-9-18(13-16)15-28-32-24(27)22(26(33)29-19-10-6-8-17(2)14-19)23-25(32)31-21-12-4-3-11-20(21)30-23/h3-15H,27H2,1-2H3,(H,29,33)/b28-15-. The Morgan fingerprint density at radius 1 is 0.939 bits per heavy atom. The number of aromatic nitrogens is 3. The van der Waals surface area contributed by atoms with Crippen molar-refractivity contribution in [3.63, 3.8) is 0 Å². The molecule has 0 aliphatic heterocycles. The topological polar surface area (TPSA) is 98.2 Å². The number of para-hydroxylation sites is 2. The number of carbonyl (C=O) groups excluding carboxylic acids is 1. The lowest BCUT2D eigenvalue weighted by molar-refractivity contribution is 0.102. The van der Waals surface area contributed by atoms with Gasteiger partial charge in [0.15, 0.2) is 5.65 Å². The summed E-state index contributed by atoms with van der Waals surface area (Å²) in [6.45, 7) is 3.98. The molecular weight excluding hydrogens is 412 g/mol. The zero-order chi connectivity index (χ0) is 22.9. The molecule has 0 saturated carbocycles. The second-order valence-corrected chi connectivity index (χ2v) is 7.94. The van der Waals surface area contributed by atoms with E-state index in [0.29, 0.717) is 27.9 Å². The molecule has 0 spiro atoms. The van der Waals surface area contributed by atoms with Crippen LogP contribution < -0.4 is 11.1 Å². The highest BCUT2D eigenvalue weighted by Gasteiger charge is 2.24. The zero-order valence-electron chi connectivity index (χ0n) is 18.3. The van der Waals surface area contributed by atoms with Gasteiger partial charge in [-0.15, -0.1) is 0 Å². The molecule has 162 valence electrons. The molecule has 1 amide bonds. The summed E-state index contributed by atoms with van der Waals surface area (Å²) in [5.74, 6) is -0.188. The predicted octanol–water partition coefficient (Wildman–Crippen LogP) is 4.92. The van der Waals surface area contributed by atoms with E-state index in [-0.39, 0.29) is 17.3 Å². The van der Waals surface area contributed by atoms with Crippen LogP contribution in [0.25, 0.3) is 22.2 Å². The van der Waals surface area contributed by atoms with E-state index in [9.17, 15) is 4.79 Å². The van der Waals surface area contributed by atoms with Crippen LogP contribution in [0.1, 0.15) is 27.0 Å². The van der Waals surface area contributed by atoms with Gasteiger partial charge in [-0.25, -0.2) is 9.97 Å². The molecule has 2 aromatic heterocycles. The van der Waals surface area contributed by atoms with Crippen LogP contribution in [0.3, 0.4) is 0 Å². The summed E-state index contributed by atoms with van der Waals surface area (Å²) in [6.07, 6.45) is 1.70. The van der Waals surface area contributed by atoms with Crippen molar-refractivity contribution in [1.82, 2.24) is 14.6 Å². The van der Waals surface area contributed by atoms with Crippen LogP contribution in [0.2, 0.25) is 0 Å². The van der Waals surface area contributed by atoms with Crippen LogP contribution in [0.4, 0.5) is 11.5 Å². The van der Waals surface area contributed by atoms with Gasteiger partial charge in [0.05, 0.1) is 17.2 Å². The van der Waals surface area contributed by atoms with E-state index in [1.54, 1.807) is 6.21 Å². The van der Waals surface area contributed by atoms with Gasteiger partial charge in [0.25, 0.3) is 5.91 Å². The zero-order valence-corrected chi connectivity index (χ0v) is 18.3. The van der Waals surface area contributed by atoms with Crippen LogP contribution in [0.15, 0.2) is 77.9 Å². The average Bonchev–Trinajstić information content (AvgIpc) is 3.06. The lowest BCUT2D eigenvalue weighted by atomic mass is 10.2. The Bertz CT molecular complexity index is 1550. The van der Waals surface area contributed by atoms with E-state index in [1.807, 2.05) is 86.6 Å². The Morgan fingerprint density at radius 3 is 2.36 bits per heavy atom. The molecule has 3 N–H and O–H groups in total. The molecule has 0 atom stereocenters. The van der Waals surface area contributed by atoms with E-state index in [0.717, 1.165) is 16.7 Å². The lowest BCUT2D eigenvalue weighted by Gasteiger charge is -2.06. The number of hydrogen-bond acceptors (Lipinski definition) is 5. The van der Waals surface area contributed by atoms with Crippen LogP contribution >= 0.6 is 0 Å². The first-order valence-electron chi connectivity index (χ1n) is 10.6. The van der Waals surface area contributed by atoms with E-state index in [1.165, 1.54) is 4.68 Å². The second-order valence-electron chi connectivity index (χ2n) is 7.94. The molecule has 5 rings (SSSR count). The quantitative estimate of drug-likeness (QED) is 0.392. The van der Waals surface area contributed by atoms with Crippen molar-refractivity contribution in [3.05, 3.63) is 95.1 Å². The molecule has 0 saturated heterocycles. The molecule has 7 heteroatoms. The van der Waals surface area contributed by atoms with Crippen molar-refractivity contribution < 1.29 is 4.79 Å². The number of rotatable bonds is 4. The Balaban J connectivity index is 1.67. The molecule has 7 nitrogen and oxygen atoms in total. The van der Waals surface area contributed by atoms with Gasteiger partial charge in [-0.2, -0.15) is 9.78 Å². The summed E-state index contributed by atoms with van der Waals surface area (Å²) >= 11 is 0. The number of amides is 1. The molecule has 0 aliphatic carbocycles. The van der Waals surface area contributed by atoms with Gasteiger partial charge in [0.2, 0.25) is 0 Å². The SMILES string of the molecule is Cc1cccc(/C=N\n2c(N)c(C(=O)Nc3cccc(C)c3)c3nc4ccccc4nc32)c1. The van der Waals surface area contributed by atoms with Crippen LogP contribution in [0, 0.1) is 13.8 Å². The number of nitrogens with two attached hydrogens (primary N) is 1. The highest BCUT2D eigenvalue weighted by atomic mass is 16.1. The van der Waals surface area contributed by atoms with Crippen LogP contribution in [-0.4, -0.2) is 26.8 Å². The number of anilines is 2. The Labute approximate surface area is 190 Å². The molecular formula is C26H22N6O. The van der Waals surface area contributed by atoms with Gasteiger partial charge in [0.1, 0.15) is 16.9 Å². The fourth-order valence-electron chi connectivity index (χ4n) is 3.78. The fraction of sp³-hybridized carbons (Fsp3) is 0.0769. The third kappa shape index (κ3) is 3.92. The largest absolute Gasteiger partial charge is 0.383 e. The molecule has 0 radical (unpaired) electrons. The van der Waals surface area contributed by atoms with E-state index >= 15 is 0 Å². The van der Waals surface area contributed by atoms with Gasteiger partial charge >= 0.3 is 0 Å². The minimum Gasteiger partial charge on any atom is -0.383 e. The highest BCUT2D eigenvalue weighted by Crippen LogP contribution is 2.28. The minimum absolute atomic E-state index is 0.175. The first-order chi connectivity index (χ1) is 16.0. The van der Waals surface area contributed by atoms with Gasteiger partial charge in [-0.05, 0) is 49.2 Å². The van der Waals surface area contributed by atoms with Crippen LogP contribution in [0.5, 0.6) is 0 Å². The summed E-state index contributed by atoms with van der Waals surface area (Å²) in [5.41, 5.74) is 12.6. The van der Waals surface area contributed by atoms with E-state index in [2.05, 4.69) is 10.4 Å². The molecule has 3 aromatic carbocycles. The van der Waals surface area contributed by atoms with E-state index < -0.39 is 0 Å². The molecule has 33 heavy (non-hydrogen) atoms. The van der Waals surface area contributed by atoms with Gasteiger partial charge in [-0.3, -0.25) is 4.79 Å². The average molecular weight is 435 g/mol. The Hall–Kier alpha value is -4.52. The molecule has 0 fully saturated rings. The number of hydrogen-bond donors (Lipinski definition) is 2. The fourth-order valence-corrected chi connectivity index (χ4v) is 3.78. The van der Waals surface area contributed by atoms with Gasteiger partial charge in [-0.1, -0.05) is 54.1 Å². The molecule has 0 aliphatic rings. The highest BCUT2D eigenvalue weighted by molar-refractivity contribution is 6.16. The maximum absolute atomic E-state index is 13.3. The summed E-state index contributed by atoms with van der Waals surface area (Å²) in [7, 11) is 0. The summed E-state index contributed by atoms with van der Waals surface area (Å²) in [4.78, 5) is 22.7. The minimum atomic E-state index is -0.364. The Kier molecular flexibility index (Phi) is 5.06. The third-order valence-electron chi connectivity index (χ3n) is 5.34.